The molecule has 0 radical (unpaired) electrons. The summed E-state index contributed by atoms with van der Waals surface area (Å²) in [5.41, 5.74) is 5.88. The van der Waals surface area contributed by atoms with Crippen LogP contribution >= 0.6 is 0 Å². The van der Waals surface area contributed by atoms with E-state index in [-0.39, 0.29) is 24.0 Å². The summed E-state index contributed by atoms with van der Waals surface area (Å²) in [6.45, 7) is 11.7. The van der Waals surface area contributed by atoms with Crippen LogP contribution in [0.1, 0.15) is 50.3 Å². The quantitative estimate of drug-likeness (QED) is 0.213. The van der Waals surface area contributed by atoms with Crippen molar-refractivity contribution in [1.29, 1.82) is 0 Å². The van der Waals surface area contributed by atoms with Crippen LogP contribution in [0.4, 0.5) is 0 Å². The Hall–Kier alpha value is -3.21. The highest BCUT2D eigenvalue weighted by atomic mass is 16.5. The zero-order chi connectivity index (χ0) is 25.2. The van der Waals surface area contributed by atoms with Gasteiger partial charge in [0.1, 0.15) is 11.5 Å². The highest BCUT2D eigenvalue weighted by molar-refractivity contribution is 6.06. The lowest BCUT2D eigenvalue weighted by molar-refractivity contribution is -0.708. The number of hydrogen-bond donors (Lipinski definition) is 1. The van der Waals surface area contributed by atoms with Gasteiger partial charge in [0.15, 0.2) is 12.2 Å². The molecule has 4 aromatic rings. The molecule has 0 spiro atoms. The number of aromatic nitrogens is 1. The summed E-state index contributed by atoms with van der Waals surface area (Å²) in [5.74, 6) is 1.92. The average Bonchev–Trinajstić information content (AvgIpc) is 2.84. The summed E-state index contributed by atoms with van der Waals surface area (Å²) in [5, 5.41) is 15.0. The molecule has 0 fully saturated rings. The van der Waals surface area contributed by atoms with Gasteiger partial charge in [0.2, 0.25) is 5.69 Å². The van der Waals surface area contributed by atoms with Crippen molar-refractivity contribution in [3.05, 3.63) is 78.0 Å². The molecule has 4 nitrogen and oxygen atoms in total. The summed E-state index contributed by atoms with van der Waals surface area (Å²) in [7, 11) is 1.75. The maximum Gasteiger partial charge on any atom is 0.228 e. The van der Waals surface area contributed by atoms with Crippen LogP contribution in [0.15, 0.2) is 66.9 Å². The van der Waals surface area contributed by atoms with Crippen molar-refractivity contribution < 1.29 is 19.1 Å². The smallest absolute Gasteiger partial charge is 0.228 e. The minimum Gasteiger partial charge on any atom is -0.456 e. The molecule has 3 heterocycles. The molecule has 0 bridgehead atoms. The monoisotopic (exact) mass is 480 g/mol. The molecule has 2 aliphatic rings. The predicted octanol–water partition coefficient (Wildman–Crippen LogP) is 6.87. The average molecular weight is 481 g/mol. The third-order valence-corrected chi connectivity index (χ3v) is 7.65. The first kappa shape index (κ1) is 23.2. The van der Waals surface area contributed by atoms with Crippen molar-refractivity contribution in [3.63, 3.8) is 0 Å². The zero-order valence-electron chi connectivity index (χ0n) is 21.6. The maximum absolute atomic E-state index is 10.3. The second kappa shape index (κ2) is 8.43. The van der Waals surface area contributed by atoms with E-state index < -0.39 is 0 Å². The molecule has 36 heavy (non-hydrogen) atoms. The van der Waals surface area contributed by atoms with Gasteiger partial charge in [-0.15, -0.1) is 0 Å². The van der Waals surface area contributed by atoms with Crippen molar-refractivity contribution >= 4 is 21.5 Å². The standard InChI is InChI=1S/C32H34NO3/c1-19(18-34)30-24(11-13-35-5)28-23-9-7-6-8-21(23)16-26-29(28)31-27-22(10-12-33(30)31)14-20(15-25(27)36-26)17-32(2,3)4/h6-10,12,14-16,24,30,34H,1,11,13,17-18H2,2-5H3/q+1. The Labute approximate surface area is 212 Å². The number of aliphatic hydroxyl groups excluding tert-OH is 1. The van der Waals surface area contributed by atoms with Crippen LogP contribution < -0.4 is 9.30 Å². The minimum absolute atomic E-state index is 0.0561. The molecule has 0 aliphatic carbocycles. The second-order valence-corrected chi connectivity index (χ2v) is 11.5. The van der Waals surface area contributed by atoms with Gasteiger partial charge in [-0.25, -0.2) is 0 Å². The highest BCUT2D eigenvalue weighted by Crippen LogP contribution is 2.55. The van der Waals surface area contributed by atoms with E-state index in [9.17, 15) is 5.11 Å². The summed E-state index contributed by atoms with van der Waals surface area (Å²) in [4.78, 5) is 0. The van der Waals surface area contributed by atoms with E-state index in [1.54, 1.807) is 7.11 Å². The first-order chi connectivity index (χ1) is 17.3. The van der Waals surface area contributed by atoms with Crippen LogP contribution in [0.2, 0.25) is 0 Å². The van der Waals surface area contributed by atoms with Crippen LogP contribution in [0, 0.1) is 5.41 Å². The Morgan fingerprint density at radius 2 is 1.89 bits per heavy atom. The van der Waals surface area contributed by atoms with Gasteiger partial charge in [-0.1, -0.05) is 57.7 Å². The highest BCUT2D eigenvalue weighted by Gasteiger charge is 2.46. The molecular weight excluding hydrogens is 446 g/mol. The van der Waals surface area contributed by atoms with E-state index >= 15 is 0 Å². The zero-order valence-corrected chi connectivity index (χ0v) is 21.6. The fraction of sp³-hybridized carbons (Fsp3) is 0.344. The Balaban J connectivity index is 1.72. The first-order valence-corrected chi connectivity index (χ1v) is 12.8. The molecule has 0 saturated carbocycles. The number of pyridine rings is 1. The molecule has 3 aromatic carbocycles. The van der Waals surface area contributed by atoms with Gasteiger partial charge >= 0.3 is 0 Å². The number of benzene rings is 3. The summed E-state index contributed by atoms with van der Waals surface area (Å²) < 4.78 is 14.6. The maximum atomic E-state index is 10.3. The van der Waals surface area contributed by atoms with Gasteiger partial charge < -0.3 is 14.6 Å². The van der Waals surface area contributed by atoms with Crippen LogP contribution in [0.5, 0.6) is 11.5 Å². The van der Waals surface area contributed by atoms with E-state index in [1.165, 1.54) is 33.2 Å². The molecule has 0 saturated heterocycles. The normalized spacial score (nSPS) is 17.9. The molecule has 184 valence electrons. The van der Waals surface area contributed by atoms with Crippen LogP contribution in [0.25, 0.3) is 32.8 Å². The first-order valence-electron chi connectivity index (χ1n) is 12.8. The lowest BCUT2D eigenvalue weighted by atomic mass is 9.75. The Morgan fingerprint density at radius 1 is 1.08 bits per heavy atom. The third-order valence-electron chi connectivity index (χ3n) is 7.65. The number of hydrogen-bond acceptors (Lipinski definition) is 3. The van der Waals surface area contributed by atoms with Crippen LogP contribution in [-0.2, 0) is 11.2 Å². The molecule has 1 aromatic heterocycles. The third kappa shape index (κ3) is 3.55. The van der Waals surface area contributed by atoms with Crippen molar-refractivity contribution in [2.75, 3.05) is 20.3 Å². The van der Waals surface area contributed by atoms with E-state index in [0.29, 0.717) is 6.61 Å². The van der Waals surface area contributed by atoms with Crippen LogP contribution in [0.3, 0.4) is 0 Å². The molecular formula is C32H34NO3+. The molecule has 1 N–H and O–H groups in total. The van der Waals surface area contributed by atoms with Crippen molar-refractivity contribution in [2.45, 2.75) is 45.6 Å². The number of methoxy groups -OCH3 is 1. The van der Waals surface area contributed by atoms with Crippen molar-refractivity contribution in [2.24, 2.45) is 5.41 Å². The second-order valence-electron chi connectivity index (χ2n) is 11.5. The number of aliphatic hydroxyl groups is 1. The topological polar surface area (TPSA) is 42.6 Å². The summed E-state index contributed by atoms with van der Waals surface area (Å²) in [6.07, 6.45) is 3.98. The van der Waals surface area contributed by atoms with Crippen molar-refractivity contribution in [1.82, 2.24) is 0 Å². The predicted molar refractivity (Wildman–Crippen MR) is 145 cm³/mol. The molecule has 2 atom stereocenters. The van der Waals surface area contributed by atoms with Crippen molar-refractivity contribution in [3.8, 4) is 22.8 Å². The van der Waals surface area contributed by atoms with Gasteiger partial charge in [0.05, 0.1) is 23.5 Å². The molecule has 0 amide bonds. The van der Waals surface area contributed by atoms with E-state index in [1.807, 2.05) is 0 Å². The minimum atomic E-state index is -0.0732. The summed E-state index contributed by atoms with van der Waals surface area (Å²) >= 11 is 0. The van der Waals surface area contributed by atoms with Gasteiger partial charge in [-0.05, 0) is 57.7 Å². The van der Waals surface area contributed by atoms with E-state index in [0.717, 1.165) is 40.7 Å². The molecule has 6 rings (SSSR count). The lowest BCUT2D eigenvalue weighted by Gasteiger charge is -2.35. The SMILES string of the molecule is C=C(CO)C1C(CCOC)c2c3c(cc4ccccc24)Oc2cc(CC(C)(C)C)cc4cc[n+]1c-3c24. The number of ether oxygens (including phenoxy) is 2. The number of fused-ring (bicyclic) bond motifs is 2. The van der Waals surface area contributed by atoms with Crippen LogP contribution in [-0.4, -0.2) is 25.4 Å². The molecule has 2 unspecified atom stereocenters. The number of nitrogens with zero attached hydrogens (tertiary/aromatic N) is 1. The summed E-state index contributed by atoms with van der Waals surface area (Å²) in [6, 6.07) is 17.4. The fourth-order valence-corrected chi connectivity index (χ4v) is 6.38. The largest absolute Gasteiger partial charge is 0.456 e. The van der Waals surface area contributed by atoms with Gasteiger partial charge in [-0.3, -0.25) is 0 Å². The van der Waals surface area contributed by atoms with E-state index in [4.69, 9.17) is 9.47 Å². The Kier molecular flexibility index (Phi) is 5.43. The fourth-order valence-electron chi connectivity index (χ4n) is 6.38. The Bertz CT molecular complexity index is 1530. The molecule has 4 heteroatoms. The molecule has 2 aliphatic heterocycles. The number of rotatable bonds is 6. The Morgan fingerprint density at radius 3 is 2.64 bits per heavy atom. The van der Waals surface area contributed by atoms with E-state index in [2.05, 4.69) is 86.6 Å². The van der Waals surface area contributed by atoms with Gasteiger partial charge in [0, 0.05) is 25.4 Å². The van der Waals surface area contributed by atoms with Gasteiger partial charge in [0.25, 0.3) is 0 Å². The van der Waals surface area contributed by atoms with Gasteiger partial charge in [-0.2, -0.15) is 4.57 Å². The lowest BCUT2D eigenvalue weighted by Crippen LogP contribution is -2.49.